The number of hydrogen-bond acceptors (Lipinski definition) is 3. The van der Waals surface area contributed by atoms with E-state index in [4.69, 9.17) is 0 Å². The topological polar surface area (TPSA) is 59.8 Å². The van der Waals surface area contributed by atoms with Crippen LogP contribution in [0.2, 0.25) is 0 Å². The molecule has 1 amide bonds. The van der Waals surface area contributed by atoms with Crippen molar-refractivity contribution in [3.05, 3.63) is 53.5 Å². The van der Waals surface area contributed by atoms with Crippen LogP contribution < -0.4 is 5.32 Å². The first-order chi connectivity index (χ1) is 11.0. The van der Waals surface area contributed by atoms with Crippen LogP contribution >= 0.6 is 0 Å². The minimum atomic E-state index is -0.0201. The molecular formula is C18H20N4O. The van der Waals surface area contributed by atoms with Crippen molar-refractivity contribution < 1.29 is 4.79 Å². The third-order valence-electron chi connectivity index (χ3n) is 3.77. The summed E-state index contributed by atoms with van der Waals surface area (Å²) >= 11 is 0. The van der Waals surface area contributed by atoms with Crippen molar-refractivity contribution in [2.75, 3.05) is 5.32 Å². The molecule has 3 rings (SSSR count). The highest BCUT2D eigenvalue weighted by molar-refractivity contribution is 6.00. The smallest absolute Gasteiger partial charge is 0.226 e. The zero-order valence-electron chi connectivity index (χ0n) is 13.6. The number of pyridine rings is 1. The Morgan fingerprint density at radius 1 is 1.13 bits per heavy atom. The molecule has 5 nitrogen and oxygen atoms in total. The summed E-state index contributed by atoms with van der Waals surface area (Å²) in [5, 5.41) is 8.34. The van der Waals surface area contributed by atoms with Gasteiger partial charge in [-0.25, -0.2) is 0 Å². The predicted octanol–water partition coefficient (Wildman–Crippen LogP) is 3.39. The van der Waals surface area contributed by atoms with Crippen molar-refractivity contribution in [2.24, 2.45) is 0 Å². The van der Waals surface area contributed by atoms with Crippen molar-refractivity contribution in [1.29, 1.82) is 0 Å². The molecule has 0 fully saturated rings. The summed E-state index contributed by atoms with van der Waals surface area (Å²) in [6.07, 6.45) is 0.387. The van der Waals surface area contributed by atoms with Crippen LogP contribution in [0.3, 0.4) is 0 Å². The fraction of sp³-hybridized carbons (Fsp3) is 0.278. The van der Waals surface area contributed by atoms with Crippen molar-refractivity contribution in [1.82, 2.24) is 14.8 Å². The highest BCUT2D eigenvalue weighted by Gasteiger charge is 2.09. The minimum Gasteiger partial charge on any atom is -0.325 e. The molecule has 23 heavy (non-hydrogen) atoms. The number of aryl methyl sites for hydroxylation is 4. The molecule has 5 heteroatoms. The van der Waals surface area contributed by atoms with Gasteiger partial charge in [-0.3, -0.25) is 14.5 Å². The molecule has 3 aromatic rings. The Morgan fingerprint density at radius 2 is 1.91 bits per heavy atom. The van der Waals surface area contributed by atoms with Gasteiger partial charge in [0.1, 0.15) is 0 Å². The Hall–Kier alpha value is -2.69. The summed E-state index contributed by atoms with van der Waals surface area (Å²) in [7, 11) is 0. The van der Waals surface area contributed by atoms with Crippen molar-refractivity contribution in [3.8, 4) is 0 Å². The highest BCUT2D eigenvalue weighted by Crippen LogP contribution is 2.23. The van der Waals surface area contributed by atoms with Gasteiger partial charge >= 0.3 is 0 Å². The third kappa shape index (κ3) is 3.39. The van der Waals surface area contributed by atoms with Gasteiger partial charge in [-0.1, -0.05) is 18.2 Å². The fourth-order valence-corrected chi connectivity index (χ4v) is 2.73. The number of amides is 1. The van der Waals surface area contributed by atoms with Gasteiger partial charge in [-0.05, 0) is 39.0 Å². The summed E-state index contributed by atoms with van der Waals surface area (Å²) in [6.45, 7) is 6.46. The van der Waals surface area contributed by atoms with E-state index < -0.39 is 0 Å². The molecule has 1 N–H and O–H groups in total. The van der Waals surface area contributed by atoms with Crippen LogP contribution in [0.4, 0.5) is 5.69 Å². The van der Waals surface area contributed by atoms with Crippen molar-refractivity contribution >= 4 is 22.5 Å². The van der Waals surface area contributed by atoms with Crippen LogP contribution in [0.1, 0.15) is 23.5 Å². The molecule has 118 valence electrons. The molecule has 0 atom stereocenters. The van der Waals surface area contributed by atoms with E-state index in [0.717, 1.165) is 33.7 Å². The lowest BCUT2D eigenvalue weighted by Crippen LogP contribution is -2.16. The zero-order chi connectivity index (χ0) is 16.4. The van der Waals surface area contributed by atoms with Gasteiger partial charge in [-0.15, -0.1) is 0 Å². The van der Waals surface area contributed by atoms with Crippen LogP contribution in [0.25, 0.3) is 10.9 Å². The van der Waals surface area contributed by atoms with Crippen LogP contribution in [0.5, 0.6) is 0 Å². The summed E-state index contributed by atoms with van der Waals surface area (Å²) < 4.78 is 1.87. The summed E-state index contributed by atoms with van der Waals surface area (Å²) in [5.41, 5.74) is 4.63. The first-order valence-corrected chi connectivity index (χ1v) is 7.70. The lowest BCUT2D eigenvalue weighted by atomic mass is 10.1. The first-order valence-electron chi connectivity index (χ1n) is 7.70. The Balaban J connectivity index is 1.74. The third-order valence-corrected chi connectivity index (χ3v) is 3.77. The maximum absolute atomic E-state index is 12.3. The number of carbonyl (C=O) groups excluding carboxylic acids is 1. The zero-order valence-corrected chi connectivity index (χ0v) is 13.6. The van der Waals surface area contributed by atoms with E-state index in [1.165, 1.54) is 0 Å². The summed E-state index contributed by atoms with van der Waals surface area (Å²) in [4.78, 5) is 16.8. The molecule has 0 unspecified atom stereocenters. The number of nitrogens with one attached hydrogen (secondary N) is 1. The van der Waals surface area contributed by atoms with Gasteiger partial charge in [0, 0.05) is 29.7 Å². The SMILES string of the molecule is Cc1cc(NC(=O)CCn2nc(C)cc2C)c2ccccc2n1. The number of nitrogens with zero attached hydrogens (tertiary/aromatic N) is 3. The normalized spacial score (nSPS) is 10.9. The minimum absolute atomic E-state index is 0.0201. The lowest BCUT2D eigenvalue weighted by molar-refractivity contribution is -0.116. The number of para-hydroxylation sites is 1. The van der Waals surface area contributed by atoms with Gasteiger partial charge in [0.05, 0.1) is 16.9 Å². The van der Waals surface area contributed by atoms with Crippen LogP contribution in [-0.4, -0.2) is 20.7 Å². The molecule has 0 spiro atoms. The molecule has 0 saturated heterocycles. The second kappa shape index (κ2) is 6.20. The van der Waals surface area contributed by atoms with E-state index in [1.54, 1.807) is 0 Å². The number of aromatic nitrogens is 3. The van der Waals surface area contributed by atoms with Crippen molar-refractivity contribution in [3.63, 3.8) is 0 Å². The van der Waals surface area contributed by atoms with E-state index in [9.17, 15) is 4.79 Å². The molecule has 1 aromatic carbocycles. The largest absolute Gasteiger partial charge is 0.325 e. The van der Waals surface area contributed by atoms with Crippen LogP contribution in [0.15, 0.2) is 36.4 Å². The Kier molecular flexibility index (Phi) is 4.10. The second-order valence-corrected chi connectivity index (χ2v) is 5.78. The number of rotatable bonds is 4. The molecule has 2 heterocycles. The maximum Gasteiger partial charge on any atom is 0.226 e. The molecule has 0 radical (unpaired) electrons. The molecule has 0 aliphatic heterocycles. The van der Waals surface area contributed by atoms with Gasteiger partial charge in [0.2, 0.25) is 5.91 Å². The van der Waals surface area contributed by atoms with Gasteiger partial charge < -0.3 is 5.32 Å². The summed E-state index contributed by atoms with van der Waals surface area (Å²) in [5.74, 6) is -0.0201. The Morgan fingerprint density at radius 3 is 2.65 bits per heavy atom. The number of hydrogen-bond donors (Lipinski definition) is 1. The quantitative estimate of drug-likeness (QED) is 0.803. The Bertz CT molecular complexity index is 867. The monoisotopic (exact) mass is 308 g/mol. The maximum atomic E-state index is 12.3. The molecule has 0 saturated carbocycles. The van der Waals surface area contributed by atoms with Crippen LogP contribution in [0, 0.1) is 20.8 Å². The lowest BCUT2D eigenvalue weighted by Gasteiger charge is -2.10. The number of carbonyl (C=O) groups is 1. The van der Waals surface area contributed by atoms with E-state index in [2.05, 4.69) is 15.4 Å². The number of benzene rings is 1. The van der Waals surface area contributed by atoms with Gasteiger partial charge in [0.25, 0.3) is 0 Å². The average Bonchev–Trinajstić information content (AvgIpc) is 2.83. The molecule has 2 aromatic heterocycles. The molecular weight excluding hydrogens is 288 g/mol. The predicted molar refractivity (Wildman–Crippen MR) is 91.4 cm³/mol. The van der Waals surface area contributed by atoms with E-state index in [1.807, 2.05) is 61.9 Å². The van der Waals surface area contributed by atoms with E-state index in [-0.39, 0.29) is 5.91 Å². The second-order valence-electron chi connectivity index (χ2n) is 5.78. The average molecular weight is 308 g/mol. The highest BCUT2D eigenvalue weighted by atomic mass is 16.1. The van der Waals surface area contributed by atoms with Gasteiger partial charge in [-0.2, -0.15) is 5.10 Å². The first kappa shape index (κ1) is 15.2. The van der Waals surface area contributed by atoms with Crippen LogP contribution in [-0.2, 0) is 11.3 Å². The summed E-state index contributed by atoms with van der Waals surface area (Å²) in [6, 6.07) is 11.7. The fourth-order valence-electron chi connectivity index (χ4n) is 2.73. The number of fused-ring (bicyclic) bond motifs is 1. The molecule has 0 bridgehead atoms. The van der Waals surface area contributed by atoms with E-state index in [0.29, 0.717) is 13.0 Å². The number of anilines is 1. The Labute approximate surface area is 135 Å². The van der Waals surface area contributed by atoms with Crippen molar-refractivity contribution in [2.45, 2.75) is 33.7 Å². The van der Waals surface area contributed by atoms with E-state index >= 15 is 0 Å². The molecule has 0 aliphatic rings. The van der Waals surface area contributed by atoms with Gasteiger partial charge in [0.15, 0.2) is 0 Å². The standard InChI is InChI=1S/C18H20N4O/c1-12-11-17(15-6-4-5-7-16(15)19-12)20-18(23)8-9-22-14(3)10-13(2)21-22/h4-7,10-11H,8-9H2,1-3H3,(H,19,20,23). The molecule has 0 aliphatic carbocycles.